The molecule has 2 aromatic heterocycles. The number of rotatable bonds is 7. The highest BCUT2D eigenvalue weighted by atomic mass is 79.9. The first kappa shape index (κ1) is 27.2. The zero-order valence-corrected chi connectivity index (χ0v) is 24.9. The lowest BCUT2D eigenvalue weighted by Crippen LogP contribution is -2.00. The van der Waals surface area contributed by atoms with E-state index in [0.29, 0.717) is 11.5 Å². The number of nitrogens with zero attached hydrogens (tertiary/aromatic N) is 5. The third-order valence-electron chi connectivity index (χ3n) is 7.38. The van der Waals surface area contributed by atoms with Gasteiger partial charge in [-0.05, 0) is 48.5 Å². The number of benzene rings is 5. The SMILES string of the molecule is O=[N+]([O-])c1ccc(-c2nn(-c3ccccc3)cc2-c2nc(-c3ccccc3)c(-c3ccccc3)n2-c2ccc(Br)cc2)cc1. The number of halogens is 1. The zero-order chi connectivity index (χ0) is 30.0. The van der Waals surface area contributed by atoms with Crippen LogP contribution in [0.2, 0.25) is 0 Å². The summed E-state index contributed by atoms with van der Waals surface area (Å²) in [6, 6.07) is 44.9. The molecule has 7 rings (SSSR count). The summed E-state index contributed by atoms with van der Waals surface area (Å²) in [5, 5.41) is 16.5. The summed E-state index contributed by atoms with van der Waals surface area (Å²) in [6.45, 7) is 0. The molecule has 0 saturated carbocycles. The normalized spacial score (nSPS) is 11.0. The van der Waals surface area contributed by atoms with Gasteiger partial charge in [-0.25, -0.2) is 9.67 Å². The molecule has 0 amide bonds. The van der Waals surface area contributed by atoms with Crippen LogP contribution in [0.4, 0.5) is 5.69 Å². The second-order valence-corrected chi connectivity index (χ2v) is 11.1. The Morgan fingerprint density at radius 3 is 1.80 bits per heavy atom. The Morgan fingerprint density at radius 2 is 1.18 bits per heavy atom. The average molecular weight is 639 g/mol. The Bertz CT molecular complexity index is 2070. The van der Waals surface area contributed by atoms with E-state index in [-0.39, 0.29) is 5.69 Å². The third-order valence-corrected chi connectivity index (χ3v) is 7.91. The second kappa shape index (κ2) is 11.6. The van der Waals surface area contributed by atoms with Crippen LogP contribution in [0.15, 0.2) is 150 Å². The summed E-state index contributed by atoms with van der Waals surface area (Å²) in [7, 11) is 0. The van der Waals surface area contributed by atoms with Crippen molar-refractivity contribution in [3.8, 4) is 56.5 Å². The summed E-state index contributed by atoms with van der Waals surface area (Å²) >= 11 is 3.59. The van der Waals surface area contributed by atoms with Gasteiger partial charge in [-0.15, -0.1) is 0 Å². The molecule has 2 heterocycles. The molecule has 0 bridgehead atoms. The monoisotopic (exact) mass is 637 g/mol. The minimum Gasteiger partial charge on any atom is -0.292 e. The number of aromatic nitrogens is 4. The lowest BCUT2D eigenvalue weighted by molar-refractivity contribution is -0.384. The molecule has 0 saturated heterocycles. The number of hydrogen-bond acceptors (Lipinski definition) is 4. The van der Waals surface area contributed by atoms with E-state index in [1.54, 1.807) is 12.1 Å². The Morgan fingerprint density at radius 1 is 0.614 bits per heavy atom. The third kappa shape index (κ3) is 5.12. The van der Waals surface area contributed by atoms with Crippen LogP contribution in [-0.2, 0) is 0 Å². The van der Waals surface area contributed by atoms with Crippen LogP contribution in [0.1, 0.15) is 0 Å². The average Bonchev–Trinajstić information content (AvgIpc) is 3.69. The molecule has 212 valence electrons. The van der Waals surface area contributed by atoms with Gasteiger partial charge in [-0.3, -0.25) is 14.7 Å². The molecule has 0 aliphatic rings. The number of para-hydroxylation sites is 1. The maximum absolute atomic E-state index is 11.4. The molecule has 0 aliphatic heterocycles. The molecule has 5 aromatic carbocycles. The number of non-ortho nitro benzene ring substituents is 1. The number of hydrogen-bond donors (Lipinski definition) is 0. The quantitative estimate of drug-likeness (QED) is 0.129. The first-order chi connectivity index (χ1) is 21.6. The highest BCUT2D eigenvalue weighted by molar-refractivity contribution is 9.10. The van der Waals surface area contributed by atoms with E-state index >= 15 is 0 Å². The van der Waals surface area contributed by atoms with E-state index in [9.17, 15) is 10.1 Å². The fourth-order valence-electron chi connectivity index (χ4n) is 5.31. The van der Waals surface area contributed by atoms with Gasteiger partial charge in [0.2, 0.25) is 0 Å². The maximum Gasteiger partial charge on any atom is 0.269 e. The molecule has 0 atom stereocenters. The molecular weight excluding hydrogens is 614 g/mol. The van der Waals surface area contributed by atoms with Crippen molar-refractivity contribution in [2.75, 3.05) is 0 Å². The molecule has 7 aromatic rings. The van der Waals surface area contributed by atoms with E-state index < -0.39 is 4.92 Å². The van der Waals surface area contributed by atoms with Crippen LogP contribution in [0.3, 0.4) is 0 Å². The number of imidazole rings is 1. The Balaban J connectivity index is 1.56. The summed E-state index contributed by atoms with van der Waals surface area (Å²) in [5.74, 6) is 0.695. The van der Waals surface area contributed by atoms with Gasteiger partial charge in [0.05, 0.1) is 27.6 Å². The van der Waals surface area contributed by atoms with Gasteiger partial charge in [0.25, 0.3) is 5.69 Å². The van der Waals surface area contributed by atoms with Crippen LogP contribution in [0.25, 0.3) is 56.5 Å². The van der Waals surface area contributed by atoms with Gasteiger partial charge in [0.15, 0.2) is 0 Å². The topological polar surface area (TPSA) is 78.8 Å². The lowest BCUT2D eigenvalue weighted by atomic mass is 10.0. The molecule has 8 heteroatoms. The molecule has 0 N–H and O–H groups in total. The Hall–Kier alpha value is -5.60. The van der Waals surface area contributed by atoms with Crippen molar-refractivity contribution in [3.05, 3.63) is 160 Å². The predicted octanol–water partition coefficient (Wildman–Crippen LogP) is 9.40. The molecule has 0 fully saturated rings. The van der Waals surface area contributed by atoms with Gasteiger partial charge in [-0.2, -0.15) is 5.10 Å². The standard InChI is InChI=1S/C36H24BrN5O2/c37-28-18-22-30(23-19-28)41-35(27-12-6-2-7-13-27)34(25-10-4-1-5-11-25)38-36(41)32-24-40(29-14-8-3-9-15-29)39-33(32)26-16-20-31(21-17-26)42(43)44/h1-24H. The molecule has 44 heavy (non-hydrogen) atoms. The highest BCUT2D eigenvalue weighted by Gasteiger charge is 2.26. The number of nitro groups is 1. The van der Waals surface area contributed by atoms with Gasteiger partial charge < -0.3 is 0 Å². The first-order valence-electron chi connectivity index (χ1n) is 14.0. The first-order valence-corrected chi connectivity index (χ1v) is 14.8. The van der Waals surface area contributed by atoms with E-state index in [4.69, 9.17) is 10.1 Å². The smallest absolute Gasteiger partial charge is 0.269 e. The van der Waals surface area contributed by atoms with Crippen molar-refractivity contribution in [1.82, 2.24) is 19.3 Å². The minimum absolute atomic E-state index is 0.0203. The minimum atomic E-state index is -0.397. The Kier molecular flexibility index (Phi) is 7.17. The van der Waals surface area contributed by atoms with Crippen LogP contribution in [0.5, 0.6) is 0 Å². The van der Waals surface area contributed by atoms with Crippen LogP contribution in [0, 0.1) is 10.1 Å². The van der Waals surface area contributed by atoms with Crippen molar-refractivity contribution in [2.45, 2.75) is 0 Å². The second-order valence-electron chi connectivity index (χ2n) is 10.2. The highest BCUT2D eigenvalue weighted by Crippen LogP contribution is 2.41. The summed E-state index contributed by atoms with van der Waals surface area (Å²) in [6.07, 6.45) is 1.98. The summed E-state index contributed by atoms with van der Waals surface area (Å²) in [4.78, 5) is 16.4. The molecular formula is C36H24BrN5O2. The lowest BCUT2D eigenvalue weighted by Gasteiger charge is -2.14. The van der Waals surface area contributed by atoms with Crippen LogP contribution < -0.4 is 0 Å². The van der Waals surface area contributed by atoms with Gasteiger partial charge >= 0.3 is 0 Å². The molecule has 0 aliphatic carbocycles. The van der Waals surface area contributed by atoms with Gasteiger partial charge in [-0.1, -0.05) is 94.8 Å². The molecule has 0 unspecified atom stereocenters. The van der Waals surface area contributed by atoms with E-state index in [1.807, 2.05) is 89.7 Å². The fraction of sp³-hybridized carbons (Fsp3) is 0. The Labute approximate surface area is 262 Å². The van der Waals surface area contributed by atoms with Gasteiger partial charge in [0.1, 0.15) is 11.5 Å². The van der Waals surface area contributed by atoms with Crippen molar-refractivity contribution in [2.24, 2.45) is 0 Å². The maximum atomic E-state index is 11.4. The van der Waals surface area contributed by atoms with Crippen molar-refractivity contribution in [3.63, 3.8) is 0 Å². The van der Waals surface area contributed by atoms with E-state index in [1.165, 1.54) is 12.1 Å². The van der Waals surface area contributed by atoms with Crippen molar-refractivity contribution >= 4 is 21.6 Å². The zero-order valence-electron chi connectivity index (χ0n) is 23.3. The van der Waals surface area contributed by atoms with Crippen molar-refractivity contribution < 1.29 is 4.92 Å². The van der Waals surface area contributed by atoms with E-state index in [2.05, 4.69) is 56.9 Å². The van der Waals surface area contributed by atoms with Crippen LogP contribution >= 0.6 is 15.9 Å². The molecule has 0 radical (unpaired) electrons. The summed E-state index contributed by atoms with van der Waals surface area (Å²) < 4.78 is 4.97. The van der Waals surface area contributed by atoms with Crippen molar-refractivity contribution in [1.29, 1.82) is 0 Å². The fourth-order valence-corrected chi connectivity index (χ4v) is 5.57. The molecule has 0 spiro atoms. The summed E-state index contributed by atoms with van der Waals surface area (Å²) in [5.41, 5.74) is 7.79. The largest absolute Gasteiger partial charge is 0.292 e. The van der Waals surface area contributed by atoms with Gasteiger partial charge in [0, 0.05) is 45.2 Å². The number of nitro benzene ring substituents is 1. The van der Waals surface area contributed by atoms with E-state index in [0.717, 1.165) is 49.5 Å². The molecule has 7 nitrogen and oxygen atoms in total. The predicted molar refractivity (Wildman–Crippen MR) is 177 cm³/mol. The van der Waals surface area contributed by atoms with Crippen LogP contribution in [-0.4, -0.2) is 24.3 Å².